The Hall–Kier alpha value is -3.66. The first-order valence-corrected chi connectivity index (χ1v) is 13.2. The monoisotopic (exact) mass is 548 g/mol. The Labute approximate surface area is 229 Å². The average molecular weight is 549 g/mol. The SMILES string of the molecule is O=C1CCC(N2Cc3cc(-c4nccc(CN5CCC(O)(c6ccccc6Cl)C5)c4F)ccc3C2=O)C(=O)N1. The molecule has 2 unspecified atom stereocenters. The number of benzene rings is 2. The molecular weight excluding hydrogens is 523 g/mol. The summed E-state index contributed by atoms with van der Waals surface area (Å²) in [5.74, 6) is -1.56. The molecule has 10 heteroatoms. The fraction of sp³-hybridized carbons (Fsp3) is 0.310. The van der Waals surface area contributed by atoms with Gasteiger partial charge in [-0.15, -0.1) is 0 Å². The third kappa shape index (κ3) is 4.60. The minimum atomic E-state index is -1.11. The van der Waals surface area contributed by atoms with E-state index in [1.54, 1.807) is 36.5 Å². The lowest BCUT2D eigenvalue weighted by molar-refractivity contribution is -0.136. The van der Waals surface area contributed by atoms with E-state index in [-0.39, 0.29) is 36.9 Å². The average Bonchev–Trinajstić information content (AvgIpc) is 3.45. The molecule has 39 heavy (non-hydrogen) atoms. The maximum atomic E-state index is 15.7. The normalized spacial score (nSPS) is 23.3. The van der Waals surface area contributed by atoms with E-state index in [1.165, 1.54) is 4.90 Å². The second-order valence-corrected chi connectivity index (χ2v) is 10.8. The molecule has 6 rings (SSSR count). The fourth-order valence-electron chi connectivity index (χ4n) is 5.83. The number of β-amino-alcohol motifs (C(OH)–C–C–N with tert-alkyl or cyclic N) is 1. The second-order valence-electron chi connectivity index (χ2n) is 10.4. The summed E-state index contributed by atoms with van der Waals surface area (Å²) < 4.78 is 15.7. The molecule has 2 atom stereocenters. The number of rotatable bonds is 5. The number of hydrogen-bond acceptors (Lipinski definition) is 6. The van der Waals surface area contributed by atoms with Crippen LogP contribution in [-0.2, 0) is 28.3 Å². The van der Waals surface area contributed by atoms with Gasteiger partial charge in [0, 0.05) is 66.1 Å². The molecule has 4 heterocycles. The van der Waals surface area contributed by atoms with Gasteiger partial charge in [0.1, 0.15) is 17.3 Å². The van der Waals surface area contributed by atoms with Crippen LogP contribution in [0, 0.1) is 5.82 Å². The van der Waals surface area contributed by atoms with E-state index >= 15 is 4.39 Å². The topological polar surface area (TPSA) is 103 Å². The van der Waals surface area contributed by atoms with E-state index < -0.39 is 23.4 Å². The summed E-state index contributed by atoms with van der Waals surface area (Å²) in [6.07, 6.45) is 2.49. The molecule has 2 N–H and O–H groups in total. The van der Waals surface area contributed by atoms with Crippen LogP contribution in [-0.4, -0.2) is 56.7 Å². The summed E-state index contributed by atoms with van der Waals surface area (Å²) in [4.78, 5) is 44.6. The molecule has 8 nitrogen and oxygen atoms in total. The summed E-state index contributed by atoms with van der Waals surface area (Å²) in [6.45, 7) is 1.39. The molecule has 2 aromatic carbocycles. The molecular formula is C29H26ClFN4O4. The van der Waals surface area contributed by atoms with E-state index in [4.69, 9.17) is 11.6 Å². The zero-order chi connectivity index (χ0) is 27.3. The number of aromatic nitrogens is 1. The summed E-state index contributed by atoms with van der Waals surface area (Å²) in [7, 11) is 0. The third-order valence-electron chi connectivity index (χ3n) is 7.86. The van der Waals surface area contributed by atoms with Gasteiger partial charge in [-0.25, -0.2) is 4.39 Å². The number of carbonyl (C=O) groups is 3. The minimum Gasteiger partial charge on any atom is -0.384 e. The van der Waals surface area contributed by atoms with E-state index in [9.17, 15) is 19.5 Å². The van der Waals surface area contributed by atoms with Crippen LogP contribution in [0.3, 0.4) is 0 Å². The van der Waals surface area contributed by atoms with Crippen LogP contribution < -0.4 is 5.32 Å². The predicted octanol–water partition coefficient (Wildman–Crippen LogP) is 3.40. The molecule has 3 aromatic rings. The van der Waals surface area contributed by atoms with Crippen LogP contribution in [0.4, 0.5) is 4.39 Å². The van der Waals surface area contributed by atoms with Crippen molar-refractivity contribution in [3.05, 3.63) is 87.8 Å². The quantitative estimate of drug-likeness (QED) is 0.474. The van der Waals surface area contributed by atoms with Crippen molar-refractivity contribution in [1.29, 1.82) is 0 Å². The van der Waals surface area contributed by atoms with Crippen molar-refractivity contribution in [3.63, 3.8) is 0 Å². The molecule has 3 aliphatic heterocycles. The number of fused-ring (bicyclic) bond motifs is 1. The van der Waals surface area contributed by atoms with E-state index in [1.807, 2.05) is 23.1 Å². The number of imide groups is 1. The van der Waals surface area contributed by atoms with E-state index in [0.717, 1.165) is 0 Å². The first-order valence-electron chi connectivity index (χ1n) is 12.8. The number of amides is 3. The maximum absolute atomic E-state index is 15.7. The Morgan fingerprint density at radius 3 is 2.77 bits per heavy atom. The summed E-state index contributed by atoms with van der Waals surface area (Å²) in [5.41, 5.74) is 1.84. The Balaban J connectivity index is 1.21. The van der Waals surface area contributed by atoms with Crippen molar-refractivity contribution in [1.82, 2.24) is 20.1 Å². The van der Waals surface area contributed by atoms with Crippen LogP contribution >= 0.6 is 11.6 Å². The highest BCUT2D eigenvalue weighted by atomic mass is 35.5. The first kappa shape index (κ1) is 25.6. The second kappa shape index (κ2) is 9.82. The van der Waals surface area contributed by atoms with E-state index in [0.29, 0.717) is 58.9 Å². The van der Waals surface area contributed by atoms with Gasteiger partial charge >= 0.3 is 0 Å². The van der Waals surface area contributed by atoms with Crippen LogP contribution in [0.5, 0.6) is 0 Å². The molecule has 0 aliphatic carbocycles. The van der Waals surface area contributed by atoms with Gasteiger partial charge in [0.05, 0.1) is 0 Å². The van der Waals surface area contributed by atoms with Crippen LogP contribution in [0.15, 0.2) is 54.7 Å². The summed E-state index contributed by atoms with van der Waals surface area (Å²) in [6, 6.07) is 13.2. The van der Waals surface area contributed by atoms with Crippen molar-refractivity contribution < 1.29 is 23.9 Å². The number of aliphatic hydroxyl groups is 1. The number of nitrogens with one attached hydrogen (secondary N) is 1. The predicted molar refractivity (Wildman–Crippen MR) is 141 cm³/mol. The third-order valence-corrected chi connectivity index (χ3v) is 8.19. The van der Waals surface area contributed by atoms with Crippen LogP contribution in [0.1, 0.15) is 46.3 Å². The minimum absolute atomic E-state index is 0.169. The number of likely N-dealkylation sites (tertiary alicyclic amines) is 1. The van der Waals surface area contributed by atoms with Gasteiger partial charge in [-0.2, -0.15) is 0 Å². The molecule has 0 bridgehead atoms. The van der Waals surface area contributed by atoms with Crippen molar-refractivity contribution in [2.45, 2.75) is 44.0 Å². The lowest BCUT2D eigenvalue weighted by Gasteiger charge is -2.29. The van der Waals surface area contributed by atoms with Gasteiger partial charge in [-0.3, -0.25) is 29.6 Å². The molecule has 200 valence electrons. The van der Waals surface area contributed by atoms with Crippen LogP contribution in [0.2, 0.25) is 5.02 Å². The Bertz CT molecular complexity index is 1510. The number of pyridine rings is 1. The zero-order valence-corrected chi connectivity index (χ0v) is 21.7. The molecule has 0 spiro atoms. The summed E-state index contributed by atoms with van der Waals surface area (Å²) in [5, 5.41) is 14.0. The van der Waals surface area contributed by atoms with Gasteiger partial charge in [-0.1, -0.05) is 35.9 Å². The molecule has 2 fully saturated rings. The van der Waals surface area contributed by atoms with Crippen molar-refractivity contribution in [2.24, 2.45) is 0 Å². The highest BCUT2D eigenvalue weighted by Crippen LogP contribution is 2.37. The number of halogens is 2. The highest BCUT2D eigenvalue weighted by Gasteiger charge is 2.40. The Morgan fingerprint density at radius 1 is 1.15 bits per heavy atom. The lowest BCUT2D eigenvalue weighted by Crippen LogP contribution is -2.52. The first-order chi connectivity index (χ1) is 18.7. The number of nitrogens with zero attached hydrogens (tertiary/aromatic N) is 3. The van der Waals surface area contributed by atoms with Crippen LogP contribution in [0.25, 0.3) is 11.3 Å². The standard InChI is InChI=1S/C29H26ClFN4O4/c30-22-4-2-1-3-21(22)29(39)10-12-34(16-29)14-18-9-11-32-26(25(18)31)17-5-6-20-19(13-17)15-35(28(20)38)23-7-8-24(36)33-27(23)37/h1-6,9,11,13,23,39H,7-8,10,12,14-16H2,(H,33,36,37). The molecule has 2 saturated heterocycles. The van der Waals surface area contributed by atoms with Crippen molar-refractivity contribution in [3.8, 4) is 11.3 Å². The number of carbonyl (C=O) groups excluding carboxylic acids is 3. The van der Waals surface area contributed by atoms with Gasteiger partial charge in [0.15, 0.2) is 5.82 Å². The molecule has 0 radical (unpaired) electrons. The number of hydrogen-bond donors (Lipinski definition) is 2. The number of piperidine rings is 1. The molecule has 0 saturated carbocycles. The molecule has 3 amide bonds. The Kier molecular flexibility index (Phi) is 6.45. The smallest absolute Gasteiger partial charge is 0.255 e. The summed E-state index contributed by atoms with van der Waals surface area (Å²) >= 11 is 6.33. The van der Waals surface area contributed by atoms with Crippen molar-refractivity contribution >= 4 is 29.3 Å². The maximum Gasteiger partial charge on any atom is 0.255 e. The Morgan fingerprint density at radius 2 is 1.97 bits per heavy atom. The van der Waals surface area contributed by atoms with E-state index in [2.05, 4.69) is 10.3 Å². The highest BCUT2D eigenvalue weighted by molar-refractivity contribution is 6.31. The fourth-order valence-corrected chi connectivity index (χ4v) is 6.15. The zero-order valence-electron chi connectivity index (χ0n) is 21.0. The van der Waals surface area contributed by atoms with Gasteiger partial charge in [-0.05, 0) is 42.7 Å². The molecule has 3 aliphatic rings. The largest absolute Gasteiger partial charge is 0.384 e. The molecule has 1 aromatic heterocycles. The lowest BCUT2D eigenvalue weighted by atomic mass is 9.93. The van der Waals surface area contributed by atoms with Crippen molar-refractivity contribution in [2.75, 3.05) is 13.1 Å². The van der Waals surface area contributed by atoms with Gasteiger partial charge in [0.25, 0.3) is 5.91 Å². The van der Waals surface area contributed by atoms with Gasteiger partial charge < -0.3 is 10.0 Å². The van der Waals surface area contributed by atoms with Gasteiger partial charge in [0.2, 0.25) is 11.8 Å².